The number of rotatable bonds is 4. The second kappa shape index (κ2) is 5.71. The molecule has 0 aliphatic rings. The van der Waals surface area contributed by atoms with Gasteiger partial charge in [-0.05, 0) is 32.9 Å². The third kappa shape index (κ3) is 3.63. The molecule has 0 saturated carbocycles. The monoisotopic (exact) mass is 279 g/mol. The van der Waals surface area contributed by atoms with E-state index in [0.717, 1.165) is 5.82 Å². The summed E-state index contributed by atoms with van der Waals surface area (Å²) in [6.07, 6.45) is 3.37. The molecule has 0 saturated heterocycles. The van der Waals surface area contributed by atoms with E-state index in [2.05, 4.69) is 31.1 Å². The van der Waals surface area contributed by atoms with E-state index in [9.17, 15) is 8.78 Å². The van der Waals surface area contributed by atoms with Crippen molar-refractivity contribution in [2.24, 2.45) is 0 Å². The van der Waals surface area contributed by atoms with Crippen molar-refractivity contribution in [1.82, 2.24) is 14.9 Å². The van der Waals surface area contributed by atoms with E-state index < -0.39 is 11.6 Å². The third-order valence-electron chi connectivity index (χ3n) is 2.97. The molecule has 5 heteroatoms. The molecule has 108 valence electrons. The lowest BCUT2D eigenvalue weighted by molar-refractivity contribution is 0.412. The van der Waals surface area contributed by atoms with Crippen LogP contribution in [0.15, 0.2) is 30.6 Å². The van der Waals surface area contributed by atoms with Crippen LogP contribution in [-0.4, -0.2) is 15.1 Å². The van der Waals surface area contributed by atoms with Crippen molar-refractivity contribution in [3.63, 3.8) is 0 Å². The van der Waals surface area contributed by atoms with Crippen LogP contribution >= 0.6 is 0 Å². The van der Waals surface area contributed by atoms with Crippen LogP contribution in [0.1, 0.15) is 32.2 Å². The molecule has 0 amide bonds. The maximum absolute atomic E-state index is 13.7. The first-order chi connectivity index (χ1) is 9.37. The van der Waals surface area contributed by atoms with Crippen molar-refractivity contribution in [2.75, 3.05) is 0 Å². The van der Waals surface area contributed by atoms with Crippen LogP contribution in [-0.2, 0) is 13.1 Å². The lowest BCUT2D eigenvalue weighted by atomic mass is 10.1. The average molecular weight is 279 g/mol. The summed E-state index contributed by atoms with van der Waals surface area (Å²) in [4.78, 5) is 4.23. The van der Waals surface area contributed by atoms with E-state index >= 15 is 0 Å². The molecule has 0 atom stereocenters. The number of halogens is 2. The number of nitrogens with one attached hydrogen (secondary N) is 1. The molecule has 1 N–H and O–H groups in total. The van der Waals surface area contributed by atoms with Crippen LogP contribution in [0.4, 0.5) is 8.78 Å². The Hall–Kier alpha value is -1.75. The smallest absolute Gasteiger partial charge is 0.131 e. The number of benzene rings is 1. The van der Waals surface area contributed by atoms with Crippen molar-refractivity contribution in [3.05, 3.63) is 53.6 Å². The molecule has 0 aliphatic heterocycles. The molecule has 0 unspecified atom stereocenters. The summed E-state index contributed by atoms with van der Waals surface area (Å²) in [5.74, 6) is -0.315. The number of imidazole rings is 1. The van der Waals surface area contributed by atoms with E-state index in [1.807, 2.05) is 0 Å². The minimum atomic E-state index is -0.534. The zero-order valence-corrected chi connectivity index (χ0v) is 12.0. The van der Waals surface area contributed by atoms with Gasteiger partial charge in [-0.3, -0.25) is 0 Å². The number of hydrogen-bond acceptors (Lipinski definition) is 2. The Morgan fingerprint density at radius 2 is 1.85 bits per heavy atom. The van der Waals surface area contributed by atoms with Gasteiger partial charge in [0.25, 0.3) is 0 Å². The lowest BCUT2D eigenvalue weighted by Gasteiger charge is -2.20. The topological polar surface area (TPSA) is 29.9 Å². The zero-order chi connectivity index (χ0) is 14.8. The second-order valence-corrected chi connectivity index (χ2v) is 5.78. The molecular formula is C15H19F2N3. The van der Waals surface area contributed by atoms with Gasteiger partial charge in [-0.15, -0.1) is 0 Å². The minimum absolute atomic E-state index is 0.0416. The van der Waals surface area contributed by atoms with Gasteiger partial charge in [0.2, 0.25) is 0 Å². The van der Waals surface area contributed by atoms with Crippen molar-refractivity contribution >= 4 is 0 Å². The highest BCUT2D eigenvalue weighted by Crippen LogP contribution is 2.15. The summed E-state index contributed by atoms with van der Waals surface area (Å²) >= 11 is 0. The number of hydrogen-bond donors (Lipinski definition) is 1. The van der Waals surface area contributed by atoms with Crippen LogP contribution in [0.25, 0.3) is 0 Å². The normalized spacial score (nSPS) is 11.8. The lowest BCUT2D eigenvalue weighted by Crippen LogP contribution is -2.36. The molecule has 0 fully saturated rings. The predicted octanol–water partition coefficient (Wildman–Crippen LogP) is 3.10. The van der Waals surface area contributed by atoms with Crippen molar-refractivity contribution < 1.29 is 8.78 Å². The largest absolute Gasteiger partial charge is 0.329 e. The first kappa shape index (κ1) is 14.7. The van der Waals surface area contributed by atoms with Gasteiger partial charge in [0, 0.05) is 23.5 Å². The van der Waals surface area contributed by atoms with Crippen molar-refractivity contribution in [1.29, 1.82) is 0 Å². The Morgan fingerprint density at radius 1 is 1.20 bits per heavy atom. The SMILES string of the molecule is CC(C)(C)NCc1nccn1Cc1c(F)cccc1F. The summed E-state index contributed by atoms with van der Waals surface area (Å²) in [7, 11) is 0. The minimum Gasteiger partial charge on any atom is -0.329 e. The van der Waals surface area contributed by atoms with E-state index in [4.69, 9.17) is 0 Å². The van der Waals surface area contributed by atoms with Gasteiger partial charge < -0.3 is 9.88 Å². The van der Waals surface area contributed by atoms with Gasteiger partial charge in [-0.1, -0.05) is 6.07 Å². The molecular weight excluding hydrogens is 260 g/mol. The van der Waals surface area contributed by atoms with Gasteiger partial charge in [0.05, 0.1) is 13.1 Å². The highest BCUT2D eigenvalue weighted by atomic mass is 19.1. The van der Waals surface area contributed by atoms with Gasteiger partial charge in [0.15, 0.2) is 0 Å². The van der Waals surface area contributed by atoms with Crippen LogP contribution in [0, 0.1) is 11.6 Å². The third-order valence-corrected chi connectivity index (χ3v) is 2.97. The Balaban J connectivity index is 2.17. The Morgan fingerprint density at radius 3 is 2.45 bits per heavy atom. The fourth-order valence-corrected chi connectivity index (χ4v) is 1.85. The summed E-state index contributed by atoms with van der Waals surface area (Å²) in [5, 5.41) is 3.31. The number of aromatic nitrogens is 2. The highest BCUT2D eigenvalue weighted by molar-refractivity contribution is 5.20. The van der Waals surface area contributed by atoms with E-state index in [1.54, 1.807) is 17.0 Å². The molecule has 0 aliphatic carbocycles. The Labute approximate surface area is 117 Å². The molecule has 0 spiro atoms. The van der Waals surface area contributed by atoms with Crippen LogP contribution in [0.3, 0.4) is 0 Å². The summed E-state index contributed by atoms with van der Waals surface area (Å²) < 4.78 is 29.1. The van der Waals surface area contributed by atoms with Gasteiger partial charge in [-0.2, -0.15) is 0 Å². The van der Waals surface area contributed by atoms with Crippen molar-refractivity contribution in [2.45, 2.75) is 39.4 Å². The quantitative estimate of drug-likeness (QED) is 0.932. The average Bonchev–Trinajstić information content (AvgIpc) is 2.78. The molecule has 0 radical (unpaired) electrons. The molecule has 2 aromatic rings. The standard InChI is InChI=1S/C15H19F2N3/c1-15(2,3)19-9-14-18-7-8-20(14)10-11-12(16)5-4-6-13(11)17/h4-8,19H,9-10H2,1-3H3. The van der Waals surface area contributed by atoms with Crippen molar-refractivity contribution in [3.8, 4) is 0 Å². The fraction of sp³-hybridized carbons (Fsp3) is 0.400. The molecule has 1 aromatic carbocycles. The van der Waals surface area contributed by atoms with Gasteiger partial charge >= 0.3 is 0 Å². The summed E-state index contributed by atoms with van der Waals surface area (Å²) in [5.41, 5.74) is 0.0162. The first-order valence-corrected chi connectivity index (χ1v) is 6.55. The molecule has 20 heavy (non-hydrogen) atoms. The van der Waals surface area contributed by atoms with Crippen LogP contribution < -0.4 is 5.32 Å². The first-order valence-electron chi connectivity index (χ1n) is 6.55. The molecule has 1 heterocycles. The highest BCUT2D eigenvalue weighted by Gasteiger charge is 2.13. The molecule has 2 rings (SSSR count). The predicted molar refractivity (Wildman–Crippen MR) is 74.3 cm³/mol. The maximum Gasteiger partial charge on any atom is 0.131 e. The van der Waals surface area contributed by atoms with E-state index in [1.165, 1.54) is 18.2 Å². The van der Waals surface area contributed by atoms with Gasteiger partial charge in [-0.25, -0.2) is 13.8 Å². The maximum atomic E-state index is 13.7. The van der Waals surface area contributed by atoms with Gasteiger partial charge in [0.1, 0.15) is 17.5 Å². The Bertz CT molecular complexity index is 565. The molecule has 3 nitrogen and oxygen atoms in total. The van der Waals surface area contributed by atoms with Crippen LogP contribution in [0.5, 0.6) is 0 Å². The Kier molecular flexibility index (Phi) is 4.18. The zero-order valence-electron chi connectivity index (χ0n) is 12.0. The second-order valence-electron chi connectivity index (χ2n) is 5.78. The summed E-state index contributed by atoms with van der Waals surface area (Å²) in [6, 6.07) is 3.90. The van der Waals surface area contributed by atoms with E-state index in [-0.39, 0.29) is 17.6 Å². The van der Waals surface area contributed by atoms with E-state index in [0.29, 0.717) is 6.54 Å². The molecule has 0 bridgehead atoms. The summed E-state index contributed by atoms with van der Waals surface area (Å²) in [6.45, 7) is 6.84. The van der Waals surface area contributed by atoms with Crippen LogP contribution in [0.2, 0.25) is 0 Å². The number of nitrogens with zero attached hydrogens (tertiary/aromatic N) is 2. The fourth-order valence-electron chi connectivity index (χ4n) is 1.85. The molecule has 1 aromatic heterocycles.